The minimum absolute atomic E-state index is 0.0817. The fraction of sp³-hybridized carbons (Fsp3) is 0.107. The fourth-order valence-electron chi connectivity index (χ4n) is 9.99. The van der Waals surface area contributed by atoms with Gasteiger partial charge >= 0.3 is 0 Å². The van der Waals surface area contributed by atoms with Crippen LogP contribution in [-0.4, -0.2) is 0 Å². The SMILES string of the molecule is CC1(C)c2ccccc2-c2ccc(N(c3ccc(-c4ccccc4)cc3)c3ccc(-c4ccc(-c5cccc6c5C(C)(C)c5c-6sc6ccccc56)cc4)cc3)cc21. The number of benzene rings is 8. The lowest BCUT2D eigenvalue weighted by Gasteiger charge is -2.28. The van der Waals surface area contributed by atoms with Gasteiger partial charge in [-0.2, -0.15) is 0 Å². The van der Waals surface area contributed by atoms with Crippen molar-refractivity contribution in [3.05, 3.63) is 210 Å². The van der Waals surface area contributed by atoms with Gasteiger partial charge in [-0.1, -0.05) is 173 Å². The number of thiophene rings is 1. The van der Waals surface area contributed by atoms with Gasteiger partial charge in [-0.15, -0.1) is 11.3 Å². The number of anilines is 3. The Balaban J connectivity index is 0.943. The Bertz CT molecular complexity index is 3020. The molecule has 11 rings (SSSR count). The van der Waals surface area contributed by atoms with Crippen LogP contribution >= 0.6 is 11.3 Å². The summed E-state index contributed by atoms with van der Waals surface area (Å²) in [5.41, 5.74) is 20.4. The summed E-state index contributed by atoms with van der Waals surface area (Å²) in [6.07, 6.45) is 0. The van der Waals surface area contributed by atoms with Gasteiger partial charge < -0.3 is 4.90 Å². The molecule has 0 aliphatic heterocycles. The summed E-state index contributed by atoms with van der Waals surface area (Å²) >= 11 is 1.93. The minimum Gasteiger partial charge on any atom is -0.310 e. The molecule has 0 bridgehead atoms. The van der Waals surface area contributed by atoms with Crippen molar-refractivity contribution in [3.63, 3.8) is 0 Å². The second kappa shape index (κ2) is 13.0. The van der Waals surface area contributed by atoms with E-state index in [1.807, 2.05) is 11.3 Å². The molecule has 2 heteroatoms. The lowest BCUT2D eigenvalue weighted by atomic mass is 9.78. The smallest absolute Gasteiger partial charge is 0.0465 e. The Morgan fingerprint density at radius 1 is 0.362 bits per heavy atom. The molecule has 0 fully saturated rings. The van der Waals surface area contributed by atoms with Crippen molar-refractivity contribution in [2.75, 3.05) is 4.90 Å². The van der Waals surface area contributed by atoms with Crippen LogP contribution in [0.1, 0.15) is 49.9 Å². The average molecular weight is 762 g/mol. The van der Waals surface area contributed by atoms with Gasteiger partial charge in [0.2, 0.25) is 0 Å². The van der Waals surface area contributed by atoms with Gasteiger partial charge in [0.1, 0.15) is 0 Å². The maximum Gasteiger partial charge on any atom is 0.0465 e. The van der Waals surface area contributed by atoms with Crippen molar-refractivity contribution in [2.45, 2.75) is 38.5 Å². The van der Waals surface area contributed by atoms with Crippen LogP contribution in [0, 0.1) is 0 Å². The van der Waals surface area contributed by atoms with Crippen LogP contribution in [0.5, 0.6) is 0 Å². The van der Waals surface area contributed by atoms with E-state index in [4.69, 9.17) is 0 Å². The second-order valence-corrected chi connectivity index (χ2v) is 18.0. The molecule has 0 saturated heterocycles. The lowest BCUT2D eigenvalue weighted by Crippen LogP contribution is -2.16. The molecule has 9 aromatic rings. The van der Waals surface area contributed by atoms with E-state index in [0.29, 0.717) is 0 Å². The molecule has 0 spiro atoms. The Kier molecular flexibility index (Phi) is 7.80. The van der Waals surface area contributed by atoms with E-state index in [2.05, 4.69) is 221 Å². The zero-order valence-electron chi connectivity index (χ0n) is 33.3. The Labute approximate surface area is 345 Å². The molecule has 2 aliphatic carbocycles. The number of fused-ring (bicyclic) bond motifs is 8. The summed E-state index contributed by atoms with van der Waals surface area (Å²) < 4.78 is 1.37. The first-order valence-electron chi connectivity index (χ1n) is 20.3. The average Bonchev–Trinajstić information content (AvgIpc) is 3.85. The maximum atomic E-state index is 2.41. The van der Waals surface area contributed by atoms with E-state index in [1.54, 1.807) is 0 Å². The van der Waals surface area contributed by atoms with Gasteiger partial charge in [0.15, 0.2) is 0 Å². The van der Waals surface area contributed by atoms with Crippen LogP contribution in [-0.2, 0) is 10.8 Å². The molecule has 2 aliphatic rings. The summed E-state index contributed by atoms with van der Waals surface area (Å²) in [6.45, 7) is 9.51. The molecule has 0 N–H and O–H groups in total. The van der Waals surface area contributed by atoms with Crippen LogP contribution in [0.4, 0.5) is 17.1 Å². The normalized spacial score (nSPS) is 14.1. The highest BCUT2D eigenvalue weighted by atomic mass is 32.1. The van der Waals surface area contributed by atoms with E-state index in [0.717, 1.165) is 17.1 Å². The van der Waals surface area contributed by atoms with E-state index in [9.17, 15) is 0 Å². The van der Waals surface area contributed by atoms with E-state index >= 15 is 0 Å². The van der Waals surface area contributed by atoms with Crippen molar-refractivity contribution in [2.24, 2.45) is 0 Å². The van der Waals surface area contributed by atoms with Gasteiger partial charge in [-0.25, -0.2) is 0 Å². The molecule has 1 aromatic heterocycles. The molecule has 0 unspecified atom stereocenters. The van der Waals surface area contributed by atoms with Crippen molar-refractivity contribution < 1.29 is 0 Å². The molecular formula is C56H43NS. The molecular weight excluding hydrogens is 719 g/mol. The van der Waals surface area contributed by atoms with Crippen LogP contribution in [0.25, 0.3) is 65.0 Å². The quantitative estimate of drug-likeness (QED) is 0.163. The molecule has 0 amide bonds. The zero-order valence-corrected chi connectivity index (χ0v) is 34.1. The van der Waals surface area contributed by atoms with Gasteiger partial charge in [0.05, 0.1) is 0 Å². The highest BCUT2D eigenvalue weighted by Crippen LogP contribution is 2.58. The second-order valence-electron chi connectivity index (χ2n) is 16.9. The number of hydrogen-bond donors (Lipinski definition) is 0. The summed E-state index contributed by atoms with van der Waals surface area (Å²) in [4.78, 5) is 3.83. The summed E-state index contributed by atoms with van der Waals surface area (Å²) in [5, 5.41) is 1.39. The third kappa shape index (κ3) is 5.29. The minimum atomic E-state index is -0.0860. The number of rotatable bonds is 6. The molecule has 1 nitrogen and oxygen atoms in total. The highest BCUT2D eigenvalue weighted by Gasteiger charge is 2.40. The molecule has 8 aromatic carbocycles. The zero-order chi connectivity index (χ0) is 39.2. The van der Waals surface area contributed by atoms with Crippen LogP contribution in [0.3, 0.4) is 0 Å². The topological polar surface area (TPSA) is 3.24 Å². The molecule has 58 heavy (non-hydrogen) atoms. The lowest BCUT2D eigenvalue weighted by molar-refractivity contribution is 0.660. The number of hydrogen-bond acceptors (Lipinski definition) is 2. The largest absolute Gasteiger partial charge is 0.310 e. The van der Waals surface area contributed by atoms with Gasteiger partial charge in [-0.05, 0) is 120 Å². The Hall–Kier alpha value is -6.48. The van der Waals surface area contributed by atoms with Gasteiger partial charge in [0, 0.05) is 37.5 Å². The summed E-state index contributed by atoms with van der Waals surface area (Å²) in [5.74, 6) is 0. The first kappa shape index (κ1) is 34.7. The predicted octanol–water partition coefficient (Wildman–Crippen LogP) is 16.0. The molecule has 0 atom stereocenters. The highest BCUT2D eigenvalue weighted by molar-refractivity contribution is 7.22. The van der Waals surface area contributed by atoms with Crippen molar-refractivity contribution in [3.8, 4) is 54.9 Å². The first-order valence-corrected chi connectivity index (χ1v) is 21.2. The monoisotopic (exact) mass is 761 g/mol. The maximum absolute atomic E-state index is 2.41. The third-order valence-electron chi connectivity index (χ3n) is 12.9. The standard InChI is InChI=1S/C56H43NS/c1-55(2)49-19-10-8-15-45(49)46-34-33-43(35-50(46)55)57(41-29-25-38(26-30-41)36-13-6-5-7-14-36)42-31-27-39(28-32-42)37-21-23-40(24-22-37)44-17-12-18-48-52(44)56(3,4)53-47-16-9-11-20-51(47)58-54(48)53/h5-35H,1-4H3. The van der Waals surface area contributed by atoms with Gasteiger partial charge in [0.25, 0.3) is 0 Å². The van der Waals surface area contributed by atoms with Crippen molar-refractivity contribution in [1.29, 1.82) is 0 Å². The molecule has 1 heterocycles. The van der Waals surface area contributed by atoms with Gasteiger partial charge in [-0.3, -0.25) is 0 Å². The fourth-order valence-corrected chi connectivity index (χ4v) is 11.4. The summed E-state index contributed by atoms with van der Waals surface area (Å²) in [6, 6.07) is 69.6. The molecule has 0 saturated carbocycles. The van der Waals surface area contributed by atoms with Crippen molar-refractivity contribution in [1.82, 2.24) is 0 Å². The first-order chi connectivity index (χ1) is 28.3. The van der Waals surface area contributed by atoms with Crippen molar-refractivity contribution >= 4 is 38.5 Å². The molecule has 0 radical (unpaired) electrons. The number of nitrogens with zero attached hydrogens (tertiary/aromatic N) is 1. The predicted molar refractivity (Wildman–Crippen MR) is 248 cm³/mol. The van der Waals surface area contributed by atoms with E-state index < -0.39 is 0 Å². The Morgan fingerprint density at radius 3 is 1.59 bits per heavy atom. The third-order valence-corrected chi connectivity index (χ3v) is 14.1. The van der Waals surface area contributed by atoms with E-state index in [-0.39, 0.29) is 10.8 Å². The Morgan fingerprint density at radius 2 is 0.879 bits per heavy atom. The van der Waals surface area contributed by atoms with Crippen LogP contribution in [0.2, 0.25) is 0 Å². The van der Waals surface area contributed by atoms with Crippen LogP contribution in [0.15, 0.2) is 188 Å². The van der Waals surface area contributed by atoms with Crippen LogP contribution < -0.4 is 4.90 Å². The molecule has 278 valence electrons. The van der Waals surface area contributed by atoms with E-state index in [1.165, 1.54) is 87.3 Å². The summed E-state index contributed by atoms with van der Waals surface area (Å²) in [7, 11) is 0.